The summed E-state index contributed by atoms with van der Waals surface area (Å²) >= 11 is 3.60. The van der Waals surface area contributed by atoms with Gasteiger partial charge in [-0.1, -0.05) is 20.3 Å². The van der Waals surface area contributed by atoms with E-state index in [-0.39, 0.29) is 0 Å². The molecule has 0 unspecified atom stereocenters. The van der Waals surface area contributed by atoms with E-state index in [1.807, 2.05) is 11.8 Å². The van der Waals surface area contributed by atoms with Gasteiger partial charge in [-0.05, 0) is 31.6 Å². The lowest BCUT2D eigenvalue weighted by Gasteiger charge is -2.06. The van der Waals surface area contributed by atoms with Crippen molar-refractivity contribution in [2.24, 2.45) is 0 Å². The first-order valence-electron chi connectivity index (χ1n) is 6.89. The average molecular weight is 295 g/mol. The first-order chi connectivity index (χ1) is 9.24. The molecule has 1 N–H and O–H groups in total. The Morgan fingerprint density at radius 3 is 2.84 bits per heavy atom. The number of nitrogens with zero attached hydrogens (tertiary/aromatic N) is 2. The summed E-state index contributed by atoms with van der Waals surface area (Å²) in [6.45, 7) is 7.43. The van der Waals surface area contributed by atoms with Gasteiger partial charge >= 0.3 is 0 Å². The van der Waals surface area contributed by atoms with E-state index in [2.05, 4.69) is 42.1 Å². The van der Waals surface area contributed by atoms with E-state index >= 15 is 0 Å². The minimum atomic E-state index is 0.773. The van der Waals surface area contributed by atoms with E-state index in [0.717, 1.165) is 34.5 Å². The van der Waals surface area contributed by atoms with E-state index in [4.69, 9.17) is 0 Å². The fraction of sp³-hybridized carbons (Fsp3) is 0.571. The highest BCUT2D eigenvalue weighted by Gasteiger charge is 2.10. The molecule has 0 amide bonds. The molecule has 0 saturated heterocycles. The minimum absolute atomic E-state index is 0.773. The predicted octanol–water partition coefficient (Wildman–Crippen LogP) is 4.71. The zero-order valence-electron chi connectivity index (χ0n) is 11.8. The van der Waals surface area contributed by atoms with Gasteiger partial charge in [-0.3, -0.25) is 0 Å². The Morgan fingerprint density at radius 1 is 1.26 bits per heavy atom. The second-order valence-electron chi connectivity index (χ2n) is 4.56. The zero-order chi connectivity index (χ0) is 13.7. The van der Waals surface area contributed by atoms with Crippen molar-refractivity contribution in [2.75, 3.05) is 17.6 Å². The highest BCUT2D eigenvalue weighted by molar-refractivity contribution is 7.99. The van der Waals surface area contributed by atoms with Crippen molar-refractivity contribution in [3.8, 4) is 0 Å². The average Bonchev–Trinajstić information content (AvgIpc) is 2.77. The molecule has 104 valence electrons. The van der Waals surface area contributed by atoms with Crippen molar-refractivity contribution >= 4 is 39.3 Å². The summed E-state index contributed by atoms with van der Waals surface area (Å²) in [7, 11) is 0. The topological polar surface area (TPSA) is 37.8 Å². The number of aromatic nitrogens is 2. The molecule has 5 heteroatoms. The largest absolute Gasteiger partial charge is 0.354 e. The maximum Gasteiger partial charge on any atom is 0.225 e. The highest BCUT2D eigenvalue weighted by atomic mass is 32.2. The molecule has 2 aromatic rings. The summed E-state index contributed by atoms with van der Waals surface area (Å²) in [5.74, 6) is 1.90. The fourth-order valence-electron chi connectivity index (χ4n) is 1.75. The molecular formula is C14H21N3S2. The quantitative estimate of drug-likeness (QED) is 0.456. The number of aryl methyl sites for hydroxylation is 1. The normalized spacial score (nSPS) is 11.1. The molecule has 0 saturated carbocycles. The van der Waals surface area contributed by atoms with Gasteiger partial charge in [0.15, 0.2) is 0 Å². The first-order valence-corrected chi connectivity index (χ1v) is 8.69. The fourth-order valence-corrected chi connectivity index (χ4v) is 3.79. The predicted molar refractivity (Wildman–Crippen MR) is 86.6 cm³/mol. The van der Waals surface area contributed by atoms with Gasteiger partial charge in [0.25, 0.3) is 0 Å². The molecule has 0 aromatic carbocycles. The van der Waals surface area contributed by atoms with Crippen LogP contribution in [0.4, 0.5) is 5.95 Å². The summed E-state index contributed by atoms with van der Waals surface area (Å²) in [4.78, 5) is 11.7. The molecule has 0 spiro atoms. The standard InChI is InChI=1S/C14H21N3S2/c1-4-6-8-18-12-11-9-10(3)19-13(11)17-14(16-12)15-7-5-2/h9H,4-8H2,1-3H3,(H,15,16,17). The third-order valence-electron chi connectivity index (χ3n) is 2.75. The Balaban J connectivity index is 2.28. The lowest BCUT2D eigenvalue weighted by atomic mass is 10.4. The summed E-state index contributed by atoms with van der Waals surface area (Å²) in [5.41, 5.74) is 0. The lowest BCUT2D eigenvalue weighted by Crippen LogP contribution is -2.04. The second-order valence-corrected chi connectivity index (χ2v) is 6.88. The molecule has 0 atom stereocenters. The molecule has 2 heterocycles. The number of unbranched alkanes of at least 4 members (excludes halogenated alkanes) is 1. The molecule has 0 aliphatic heterocycles. The Labute approximate surface area is 123 Å². The van der Waals surface area contributed by atoms with Crippen molar-refractivity contribution < 1.29 is 0 Å². The van der Waals surface area contributed by atoms with Crippen LogP contribution in [0.1, 0.15) is 38.0 Å². The zero-order valence-corrected chi connectivity index (χ0v) is 13.5. The number of nitrogens with one attached hydrogen (secondary N) is 1. The van der Waals surface area contributed by atoms with Gasteiger partial charge in [0.1, 0.15) is 9.86 Å². The summed E-state index contributed by atoms with van der Waals surface area (Å²) < 4.78 is 0. The van der Waals surface area contributed by atoms with Crippen molar-refractivity contribution in [2.45, 2.75) is 45.1 Å². The van der Waals surface area contributed by atoms with Gasteiger partial charge in [-0.2, -0.15) is 0 Å². The van der Waals surface area contributed by atoms with Crippen LogP contribution in [0, 0.1) is 6.92 Å². The number of thioether (sulfide) groups is 1. The molecule has 0 aliphatic rings. The van der Waals surface area contributed by atoms with Crippen LogP contribution in [0.3, 0.4) is 0 Å². The summed E-state index contributed by atoms with van der Waals surface area (Å²) in [6.07, 6.45) is 3.55. The van der Waals surface area contributed by atoms with Gasteiger partial charge in [-0.25, -0.2) is 9.97 Å². The van der Waals surface area contributed by atoms with Crippen LogP contribution in [0.5, 0.6) is 0 Å². The SMILES string of the molecule is CCCCSc1nc(NCCC)nc2sc(C)cc12. The third kappa shape index (κ3) is 3.83. The number of anilines is 1. The number of hydrogen-bond donors (Lipinski definition) is 1. The Bertz CT molecular complexity index is 537. The van der Waals surface area contributed by atoms with Gasteiger partial charge < -0.3 is 5.32 Å². The maximum atomic E-state index is 4.67. The molecule has 2 rings (SSSR count). The molecule has 0 fully saturated rings. The summed E-state index contributed by atoms with van der Waals surface area (Å²) in [5, 5.41) is 5.64. The molecule has 0 bridgehead atoms. The van der Waals surface area contributed by atoms with Gasteiger partial charge in [-0.15, -0.1) is 23.1 Å². The number of fused-ring (bicyclic) bond motifs is 1. The van der Waals surface area contributed by atoms with Crippen LogP contribution >= 0.6 is 23.1 Å². The highest BCUT2D eigenvalue weighted by Crippen LogP contribution is 2.32. The lowest BCUT2D eigenvalue weighted by molar-refractivity contribution is 0.894. The molecule has 2 aromatic heterocycles. The Morgan fingerprint density at radius 2 is 2.11 bits per heavy atom. The van der Waals surface area contributed by atoms with Crippen molar-refractivity contribution in [1.29, 1.82) is 0 Å². The smallest absolute Gasteiger partial charge is 0.225 e. The first kappa shape index (κ1) is 14.6. The van der Waals surface area contributed by atoms with E-state index in [9.17, 15) is 0 Å². The van der Waals surface area contributed by atoms with E-state index in [1.54, 1.807) is 11.3 Å². The molecular weight excluding hydrogens is 274 g/mol. The number of thiophene rings is 1. The van der Waals surface area contributed by atoms with Crippen LogP contribution in [-0.4, -0.2) is 22.3 Å². The Kier molecular flexibility index (Phi) is 5.45. The molecule has 0 radical (unpaired) electrons. The van der Waals surface area contributed by atoms with Crippen LogP contribution < -0.4 is 5.32 Å². The Hall–Kier alpha value is -0.810. The van der Waals surface area contributed by atoms with Crippen LogP contribution in [0.25, 0.3) is 10.2 Å². The van der Waals surface area contributed by atoms with Gasteiger partial charge in [0.2, 0.25) is 5.95 Å². The number of rotatable bonds is 7. The van der Waals surface area contributed by atoms with Gasteiger partial charge in [0, 0.05) is 16.8 Å². The van der Waals surface area contributed by atoms with Crippen molar-refractivity contribution in [3.05, 3.63) is 10.9 Å². The van der Waals surface area contributed by atoms with Crippen molar-refractivity contribution in [1.82, 2.24) is 9.97 Å². The molecule has 3 nitrogen and oxygen atoms in total. The second kappa shape index (κ2) is 7.10. The molecule has 0 aliphatic carbocycles. The van der Waals surface area contributed by atoms with Gasteiger partial charge in [0.05, 0.1) is 0 Å². The van der Waals surface area contributed by atoms with E-state index < -0.39 is 0 Å². The maximum absolute atomic E-state index is 4.67. The summed E-state index contributed by atoms with van der Waals surface area (Å²) in [6, 6.07) is 2.21. The monoisotopic (exact) mass is 295 g/mol. The van der Waals surface area contributed by atoms with Crippen LogP contribution in [0.2, 0.25) is 0 Å². The van der Waals surface area contributed by atoms with Crippen LogP contribution in [-0.2, 0) is 0 Å². The van der Waals surface area contributed by atoms with Crippen LogP contribution in [0.15, 0.2) is 11.1 Å². The minimum Gasteiger partial charge on any atom is -0.354 e. The number of hydrogen-bond acceptors (Lipinski definition) is 5. The third-order valence-corrected chi connectivity index (χ3v) is 4.77. The van der Waals surface area contributed by atoms with E-state index in [0.29, 0.717) is 0 Å². The van der Waals surface area contributed by atoms with E-state index in [1.165, 1.54) is 23.1 Å². The molecule has 19 heavy (non-hydrogen) atoms. The van der Waals surface area contributed by atoms with Crippen molar-refractivity contribution in [3.63, 3.8) is 0 Å².